The quantitative estimate of drug-likeness (QED) is 0.520. The molecular weight excluding hydrogens is 304 g/mol. The first kappa shape index (κ1) is 15.8. The van der Waals surface area contributed by atoms with Crippen LogP contribution in [0.1, 0.15) is 31.4 Å². The number of esters is 1. The van der Waals surface area contributed by atoms with Crippen LogP contribution in [0, 0.1) is 11.3 Å². The third-order valence-corrected chi connectivity index (χ3v) is 3.92. The summed E-state index contributed by atoms with van der Waals surface area (Å²) < 4.78 is 7.06. The van der Waals surface area contributed by atoms with Crippen molar-refractivity contribution >= 4 is 28.8 Å². The molecule has 122 valence electrons. The van der Waals surface area contributed by atoms with Crippen LogP contribution < -0.4 is 5.73 Å². The van der Waals surface area contributed by atoms with E-state index in [1.54, 1.807) is 6.92 Å². The van der Waals surface area contributed by atoms with Gasteiger partial charge in [-0.1, -0.05) is 0 Å². The number of hydrogen-bond acceptors (Lipinski definition) is 5. The molecule has 0 unspecified atom stereocenters. The van der Waals surface area contributed by atoms with Crippen LogP contribution in [0.5, 0.6) is 0 Å². The van der Waals surface area contributed by atoms with E-state index in [1.165, 1.54) is 12.4 Å². The van der Waals surface area contributed by atoms with Gasteiger partial charge >= 0.3 is 5.97 Å². The molecule has 1 aliphatic carbocycles. The van der Waals surface area contributed by atoms with Gasteiger partial charge in [0.05, 0.1) is 23.4 Å². The van der Waals surface area contributed by atoms with Crippen LogP contribution in [0.2, 0.25) is 0 Å². The summed E-state index contributed by atoms with van der Waals surface area (Å²) in [7, 11) is 0. The largest absolute Gasteiger partial charge is 0.462 e. The molecule has 1 aromatic heterocycles. The maximum atomic E-state index is 11.7. The number of ether oxygens (including phenoxy) is 1. The predicted molar refractivity (Wildman–Crippen MR) is 92.0 cm³/mol. The first-order valence-corrected chi connectivity index (χ1v) is 7.85. The molecular formula is C18H18N4O2. The summed E-state index contributed by atoms with van der Waals surface area (Å²) in [6.45, 7) is 2.00. The zero-order valence-corrected chi connectivity index (χ0v) is 13.4. The van der Waals surface area contributed by atoms with E-state index in [0.717, 1.165) is 23.7 Å². The number of hydrogen-bond donors (Lipinski definition) is 1. The van der Waals surface area contributed by atoms with Crippen LogP contribution in [0.3, 0.4) is 0 Å². The molecule has 2 aromatic rings. The Morgan fingerprint density at radius 1 is 1.54 bits per heavy atom. The highest BCUT2D eigenvalue weighted by Crippen LogP contribution is 2.39. The van der Waals surface area contributed by atoms with E-state index in [-0.39, 0.29) is 12.2 Å². The number of benzene rings is 1. The molecule has 0 radical (unpaired) electrons. The van der Waals surface area contributed by atoms with Gasteiger partial charge in [-0.25, -0.2) is 4.79 Å². The Bertz CT molecular complexity index is 882. The lowest BCUT2D eigenvalue weighted by atomic mass is 10.1. The van der Waals surface area contributed by atoms with Gasteiger partial charge in [0, 0.05) is 35.6 Å². The van der Waals surface area contributed by atoms with Gasteiger partial charge < -0.3 is 15.0 Å². The van der Waals surface area contributed by atoms with Crippen molar-refractivity contribution in [2.24, 2.45) is 10.7 Å². The average molecular weight is 322 g/mol. The summed E-state index contributed by atoms with van der Waals surface area (Å²) in [6, 6.07) is 8.40. The van der Waals surface area contributed by atoms with Crippen molar-refractivity contribution < 1.29 is 9.53 Å². The first-order valence-electron chi connectivity index (χ1n) is 7.85. The summed E-state index contributed by atoms with van der Waals surface area (Å²) in [4.78, 5) is 16.0. The number of nitrogens with zero attached hydrogens (tertiary/aromatic N) is 3. The van der Waals surface area contributed by atoms with E-state index >= 15 is 0 Å². The Balaban J connectivity index is 1.92. The molecule has 0 amide bonds. The topological polar surface area (TPSA) is 93.4 Å². The number of nitriles is 1. The van der Waals surface area contributed by atoms with Crippen LogP contribution in [-0.4, -0.2) is 23.4 Å². The number of carbonyl (C=O) groups is 1. The average Bonchev–Trinajstić information content (AvgIpc) is 3.37. The molecule has 1 saturated carbocycles. The molecule has 3 rings (SSSR count). The van der Waals surface area contributed by atoms with Gasteiger partial charge in [0.2, 0.25) is 0 Å². The maximum absolute atomic E-state index is 11.7. The third kappa shape index (κ3) is 3.01. The number of carbonyl (C=O) groups excluding carboxylic acids is 1. The van der Waals surface area contributed by atoms with Crippen molar-refractivity contribution in [1.29, 1.82) is 5.26 Å². The summed E-state index contributed by atoms with van der Waals surface area (Å²) >= 11 is 0. The molecule has 1 heterocycles. The highest BCUT2D eigenvalue weighted by Gasteiger charge is 2.25. The molecule has 2 N–H and O–H groups in total. The molecule has 6 nitrogen and oxygen atoms in total. The fourth-order valence-corrected chi connectivity index (χ4v) is 2.59. The van der Waals surface area contributed by atoms with E-state index < -0.39 is 5.97 Å². The zero-order chi connectivity index (χ0) is 17.1. The molecule has 0 aliphatic heterocycles. The second-order valence-corrected chi connectivity index (χ2v) is 5.60. The van der Waals surface area contributed by atoms with Crippen LogP contribution >= 0.6 is 0 Å². The van der Waals surface area contributed by atoms with Gasteiger partial charge in [-0.2, -0.15) is 5.26 Å². The third-order valence-electron chi connectivity index (χ3n) is 3.92. The highest BCUT2D eigenvalue weighted by molar-refractivity contribution is 6.10. The van der Waals surface area contributed by atoms with Crippen molar-refractivity contribution in [3.8, 4) is 6.07 Å². The van der Waals surface area contributed by atoms with Crippen molar-refractivity contribution in [3.05, 3.63) is 41.7 Å². The summed E-state index contributed by atoms with van der Waals surface area (Å²) in [5, 5.41) is 10.2. The molecule has 1 aliphatic rings. The molecule has 1 fully saturated rings. The Morgan fingerprint density at radius 3 is 2.96 bits per heavy atom. The summed E-state index contributed by atoms with van der Waals surface area (Å²) in [5.74, 6) is -0.512. The van der Waals surface area contributed by atoms with E-state index in [9.17, 15) is 10.1 Å². The molecule has 0 spiro atoms. The van der Waals surface area contributed by atoms with Gasteiger partial charge in [0.15, 0.2) is 0 Å². The van der Waals surface area contributed by atoms with Crippen LogP contribution in [0.4, 0.5) is 5.69 Å². The second-order valence-electron chi connectivity index (χ2n) is 5.60. The monoisotopic (exact) mass is 322 g/mol. The second kappa shape index (κ2) is 6.59. The highest BCUT2D eigenvalue weighted by atomic mass is 16.5. The SMILES string of the molecule is CCOC(=O)C(C=Nc1ccc2c(c1)c(C#N)cn2C1CC1)=CN. The Labute approximate surface area is 139 Å². The number of nitrogens with two attached hydrogens (primary N) is 1. The molecule has 1 aromatic carbocycles. The maximum Gasteiger partial charge on any atom is 0.341 e. The minimum Gasteiger partial charge on any atom is -0.462 e. The standard InChI is InChI=1S/C18H18N4O2/c1-2-24-18(23)12(8-19)10-21-14-3-6-17-16(7-14)13(9-20)11-22(17)15-4-5-15/h3,6-8,10-11,15H,2,4-5,19H2,1H3. The van der Waals surface area contributed by atoms with Gasteiger partial charge in [-0.15, -0.1) is 0 Å². The minimum atomic E-state index is -0.512. The fourth-order valence-electron chi connectivity index (χ4n) is 2.59. The predicted octanol–water partition coefficient (Wildman–Crippen LogP) is 2.96. The van der Waals surface area contributed by atoms with Crippen molar-refractivity contribution in [2.75, 3.05) is 6.61 Å². The van der Waals surface area contributed by atoms with Gasteiger partial charge in [-0.05, 0) is 38.0 Å². The summed E-state index contributed by atoms with van der Waals surface area (Å²) in [5.41, 5.74) is 7.95. The zero-order valence-electron chi connectivity index (χ0n) is 13.4. The Kier molecular flexibility index (Phi) is 4.34. The van der Waals surface area contributed by atoms with E-state index in [2.05, 4.69) is 15.6 Å². The van der Waals surface area contributed by atoms with E-state index in [1.807, 2.05) is 24.4 Å². The summed E-state index contributed by atoms with van der Waals surface area (Å²) in [6.07, 6.45) is 6.75. The van der Waals surface area contributed by atoms with Gasteiger partial charge in [-0.3, -0.25) is 4.99 Å². The van der Waals surface area contributed by atoms with E-state index in [4.69, 9.17) is 10.5 Å². The van der Waals surface area contributed by atoms with Crippen LogP contribution in [0.25, 0.3) is 10.9 Å². The van der Waals surface area contributed by atoms with Crippen LogP contribution in [0.15, 0.2) is 41.2 Å². The lowest BCUT2D eigenvalue weighted by Crippen LogP contribution is -2.10. The van der Waals surface area contributed by atoms with Crippen molar-refractivity contribution in [2.45, 2.75) is 25.8 Å². The molecule has 0 saturated heterocycles. The Morgan fingerprint density at radius 2 is 2.33 bits per heavy atom. The van der Waals surface area contributed by atoms with Gasteiger partial charge in [0.25, 0.3) is 0 Å². The van der Waals surface area contributed by atoms with Gasteiger partial charge in [0.1, 0.15) is 6.07 Å². The molecule has 6 heteroatoms. The minimum absolute atomic E-state index is 0.188. The number of aromatic nitrogens is 1. The number of fused-ring (bicyclic) bond motifs is 1. The van der Waals surface area contributed by atoms with Crippen molar-refractivity contribution in [1.82, 2.24) is 4.57 Å². The lowest BCUT2D eigenvalue weighted by Gasteiger charge is -2.03. The van der Waals surface area contributed by atoms with E-state index in [0.29, 0.717) is 17.3 Å². The fraction of sp³-hybridized carbons (Fsp3) is 0.278. The first-order chi connectivity index (χ1) is 11.7. The normalized spacial score (nSPS) is 14.9. The molecule has 0 bridgehead atoms. The van der Waals surface area contributed by atoms with Crippen molar-refractivity contribution in [3.63, 3.8) is 0 Å². The lowest BCUT2D eigenvalue weighted by molar-refractivity contribution is -0.137. The van der Waals surface area contributed by atoms with Crippen LogP contribution in [-0.2, 0) is 9.53 Å². The number of aliphatic imine (C=N–C) groups is 1. The Hall–Kier alpha value is -3.07. The molecule has 24 heavy (non-hydrogen) atoms. The smallest absolute Gasteiger partial charge is 0.341 e. The molecule has 0 atom stereocenters. The number of rotatable bonds is 5.